The number of rotatable bonds is 3. The van der Waals surface area contributed by atoms with Crippen LogP contribution in [0.4, 0.5) is 16.2 Å². The van der Waals surface area contributed by atoms with Crippen molar-refractivity contribution in [3.05, 3.63) is 53.6 Å². The average Bonchev–Trinajstić information content (AvgIpc) is 2.73. The number of para-hydroxylation sites is 2. The second-order valence-electron chi connectivity index (χ2n) is 8.28. The summed E-state index contributed by atoms with van der Waals surface area (Å²) in [5, 5.41) is 0. The van der Waals surface area contributed by atoms with Crippen LogP contribution in [0.2, 0.25) is 0 Å². The third kappa shape index (κ3) is 3.59. The lowest BCUT2D eigenvalue weighted by Gasteiger charge is -2.39. The van der Waals surface area contributed by atoms with Crippen molar-refractivity contribution in [3.8, 4) is 0 Å². The number of carbonyl (C=O) groups is 2. The molecule has 0 aliphatic carbocycles. The molecule has 1 atom stereocenters. The van der Waals surface area contributed by atoms with Crippen LogP contribution in [-0.4, -0.2) is 44.4 Å². The average molecular weight is 442 g/mol. The number of likely N-dealkylation sites (tertiary alicyclic amines) is 1. The van der Waals surface area contributed by atoms with E-state index in [4.69, 9.17) is 0 Å². The van der Waals surface area contributed by atoms with E-state index >= 15 is 0 Å². The fourth-order valence-electron chi connectivity index (χ4n) is 4.50. The lowest BCUT2D eigenvalue weighted by atomic mass is 10.0. The number of sulfonamides is 1. The minimum absolute atomic E-state index is 0.0248. The third-order valence-electron chi connectivity index (χ3n) is 6.14. The number of carbonyl (C=O) groups excluding carboxylic acids is 2. The van der Waals surface area contributed by atoms with Crippen LogP contribution in [-0.2, 0) is 14.8 Å². The van der Waals surface area contributed by atoms with Crippen LogP contribution in [0.3, 0.4) is 0 Å². The molecule has 0 spiro atoms. The molecule has 1 unspecified atom stereocenters. The number of aryl methyl sites for hydroxylation is 2. The van der Waals surface area contributed by atoms with Crippen molar-refractivity contribution in [2.24, 2.45) is 0 Å². The van der Waals surface area contributed by atoms with Gasteiger partial charge < -0.3 is 4.90 Å². The molecule has 2 heterocycles. The Balaban J connectivity index is 1.80. The molecule has 0 bridgehead atoms. The zero-order chi connectivity index (χ0) is 22.3. The van der Waals surface area contributed by atoms with Crippen LogP contribution in [0.15, 0.2) is 47.4 Å². The van der Waals surface area contributed by atoms with Gasteiger partial charge in [0.1, 0.15) is 11.4 Å². The van der Waals surface area contributed by atoms with Gasteiger partial charge in [-0.2, -0.15) is 4.31 Å². The van der Waals surface area contributed by atoms with Gasteiger partial charge in [-0.25, -0.2) is 13.2 Å². The first kappa shape index (κ1) is 21.4. The molecular weight excluding hydrogens is 414 g/mol. The van der Waals surface area contributed by atoms with Crippen LogP contribution in [0.25, 0.3) is 0 Å². The summed E-state index contributed by atoms with van der Waals surface area (Å²) in [4.78, 5) is 29.9. The molecule has 3 amide bonds. The summed E-state index contributed by atoms with van der Waals surface area (Å²) >= 11 is 0. The molecule has 4 rings (SSSR count). The molecule has 1 fully saturated rings. The van der Waals surface area contributed by atoms with Crippen molar-refractivity contribution in [2.75, 3.05) is 22.3 Å². The number of piperidine rings is 1. The molecule has 2 aliphatic heterocycles. The number of nitrogens with zero attached hydrogens (tertiary/aromatic N) is 3. The van der Waals surface area contributed by atoms with E-state index in [1.165, 1.54) is 11.0 Å². The summed E-state index contributed by atoms with van der Waals surface area (Å²) in [6.45, 7) is 6.02. The monoisotopic (exact) mass is 441 g/mol. The van der Waals surface area contributed by atoms with Gasteiger partial charge in [-0.1, -0.05) is 30.3 Å². The van der Waals surface area contributed by atoms with E-state index in [2.05, 4.69) is 0 Å². The maximum Gasteiger partial charge on any atom is 0.343 e. The second kappa shape index (κ2) is 8.00. The minimum atomic E-state index is -4.12. The first-order valence-electron chi connectivity index (χ1n) is 10.5. The van der Waals surface area contributed by atoms with Crippen LogP contribution < -0.4 is 9.21 Å². The number of anilines is 2. The third-order valence-corrected chi connectivity index (χ3v) is 7.86. The molecule has 8 heteroatoms. The van der Waals surface area contributed by atoms with Gasteiger partial charge in [0.15, 0.2) is 0 Å². The van der Waals surface area contributed by atoms with E-state index < -0.39 is 16.1 Å². The Hall–Kier alpha value is -2.87. The summed E-state index contributed by atoms with van der Waals surface area (Å²) < 4.78 is 27.8. The number of amides is 3. The zero-order valence-electron chi connectivity index (χ0n) is 18.0. The number of fused-ring (bicyclic) bond motifs is 1. The molecule has 7 nitrogen and oxygen atoms in total. The molecule has 0 radical (unpaired) electrons. The summed E-state index contributed by atoms with van der Waals surface area (Å²) in [5.74, 6) is -0.170. The molecule has 31 heavy (non-hydrogen) atoms. The zero-order valence-corrected chi connectivity index (χ0v) is 18.9. The topological polar surface area (TPSA) is 78.0 Å². The Kier molecular flexibility index (Phi) is 5.51. The smallest absolute Gasteiger partial charge is 0.338 e. The van der Waals surface area contributed by atoms with Crippen molar-refractivity contribution >= 4 is 33.3 Å². The minimum Gasteiger partial charge on any atom is -0.338 e. The molecule has 1 saturated heterocycles. The first-order chi connectivity index (χ1) is 14.7. The Labute approximate surface area is 183 Å². The highest BCUT2D eigenvalue weighted by molar-refractivity contribution is 7.94. The maximum absolute atomic E-state index is 13.6. The second-order valence-corrected chi connectivity index (χ2v) is 10.0. The molecule has 0 aromatic heterocycles. The predicted octanol–water partition coefficient (Wildman–Crippen LogP) is 3.84. The van der Waals surface area contributed by atoms with Gasteiger partial charge >= 0.3 is 6.03 Å². The number of hydrogen-bond donors (Lipinski definition) is 0. The van der Waals surface area contributed by atoms with Gasteiger partial charge in [0.25, 0.3) is 10.0 Å². The van der Waals surface area contributed by atoms with Crippen molar-refractivity contribution in [3.63, 3.8) is 0 Å². The summed E-state index contributed by atoms with van der Waals surface area (Å²) in [7, 11) is -4.12. The van der Waals surface area contributed by atoms with E-state index in [0.29, 0.717) is 23.4 Å². The van der Waals surface area contributed by atoms with Gasteiger partial charge in [0, 0.05) is 12.6 Å². The molecular formula is C23H27N3O4S. The highest BCUT2D eigenvalue weighted by atomic mass is 32.2. The van der Waals surface area contributed by atoms with E-state index in [-0.39, 0.29) is 29.1 Å². The Morgan fingerprint density at radius 3 is 2.39 bits per heavy atom. The lowest BCUT2D eigenvalue weighted by Crippen LogP contribution is -2.55. The molecule has 0 saturated carbocycles. The fraction of sp³-hybridized carbons (Fsp3) is 0.391. The van der Waals surface area contributed by atoms with Crippen molar-refractivity contribution in [1.29, 1.82) is 0 Å². The van der Waals surface area contributed by atoms with Crippen molar-refractivity contribution in [1.82, 2.24) is 4.90 Å². The van der Waals surface area contributed by atoms with E-state index in [1.807, 2.05) is 13.0 Å². The van der Waals surface area contributed by atoms with Crippen LogP contribution in [0.1, 0.15) is 37.3 Å². The largest absolute Gasteiger partial charge is 0.343 e. The Bertz CT molecular complexity index is 1130. The molecule has 2 aliphatic rings. The van der Waals surface area contributed by atoms with Crippen LogP contribution >= 0.6 is 0 Å². The highest BCUT2D eigenvalue weighted by Crippen LogP contribution is 2.39. The maximum atomic E-state index is 13.6. The van der Waals surface area contributed by atoms with E-state index in [0.717, 1.165) is 23.6 Å². The lowest BCUT2D eigenvalue weighted by molar-refractivity contribution is -0.132. The van der Waals surface area contributed by atoms with Gasteiger partial charge in [-0.05, 0) is 63.3 Å². The standard InChI is InChI=1S/C23H27N3O4S/c1-16-9-8-10-17(2)22(16)26-23(28)25(15-21(27)24-14-7-6-11-18(24)3)19-12-4-5-13-20(19)31(26,29)30/h4-5,8-10,12-13,18H,6-7,11,14-15H2,1-3H3. The quantitative estimate of drug-likeness (QED) is 0.725. The Morgan fingerprint density at radius 1 is 1.03 bits per heavy atom. The Morgan fingerprint density at radius 2 is 1.71 bits per heavy atom. The summed E-state index contributed by atoms with van der Waals surface area (Å²) in [6.07, 6.45) is 2.94. The van der Waals surface area contributed by atoms with Crippen LogP contribution in [0.5, 0.6) is 0 Å². The summed E-state index contributed by atoms with van der Waals surface area (Å²) in [5.41, 5.74) is 1.93. The van der Waals surface area contributed by atoms with Crippen molar-refractivity contribution in [2.45, 2.75) is 51.0 Å². The number of hydrogen-bond acceptors (Lipinski definition) is 4. The van der Waals surface area contributed by atoms with E-state index in [9.17, 15) is 18.0 Å². The van der Waals surface area contributed by atoms with Crippen LogP contribution in [0, 0.1) is 13.8 Å². The number of urea groups is 1. The molecule has 2 aromatic carbocycles. The van der Waals surface area contributed by atoms with Crippen molar-refractivity contribution < 1.29 is 18.0 Å². The molecule has 0 N–H and O–H groups in total. The van der Waals surface area contributed by atoms with Gasteiger partial charge in [0.2, 0.25) is 5.91 Å². The van der Waals surface area contributed by atoms with Gasteiger partial charge in [-0.15, -0.1) is 0 Å². The first-order valence-corrected chi connectivity index (χ1v) is 12.0. The van der Waals surface area contributed by atoms with E-state index in [1.54, 1.807) is 49.1 Å². The SMILES string of the molecule is Cc1cccc(C)c1N1C(=O)N(CC(=O)N2CCCCC2C)c2ccccc2S1(=O)=O. The molecule has 164 valence electrons. The number of benzene rings is 2. The summed E-state index contributed by atoms with van der Waals surface area (Å²) in [6, 6.07) is 11.1. The predicted molar refractivity (Wildman–Crippen MR) is 120 cm³/mol. The van der Waals surface area contributed by atoms with Gasteiger partial charge in [0.05, 0.1) is 11.4 Å². The highest BCUT2D eigenvalue weighted by Gasteiger charge is 2.44. The molecule has 2 aromatic rings. The fourth-order valence-corrected chi connectivity index (χ4v) is 6.22. The van der Waals surface area contributed by atoms with Gasteiger partial charge in [-0.3, -0.25) is 9.69 Å². The normalized spacial score (nSPS) is 20.5.